The molecule has 3 aromatic rings. The van der Waals surface area contributed by atoms with E-state index in [4.69, 9.17) is 12.2 Å². The Morgan fingerprint density at radius 1 is 1.26 bits per heavy atom. The molecule has 5 nitrogen and oxygen atoms in total. The quantitative estimate of drug-likeness (QED) is 0.559. The van der Waals surface area contributed by atoms with Gasteiger partial charge in [0.2, 0.25) is 5.91 Å². The van der Waals surface area contributed by atoms with Crippen LogP contribution in [0.5, 0.6) is 0 Å². The molecule has 0 bridgehead atoms. The number of nitrogens with zero attached hydrogens (tertiary/aromatic N) is 3. The summed E-state index contributed by atoms with van der Waals surface area (Å²) >= 11 is 8.89. The summed E-state index contributed by atoms with van der Waals surface area (Å²) in [6.45, 7) is 3.08. The maximum absolute atomic E-state index is 12.6. The van der Waals surface area contributed by atoms with E-state index >= 15 is 0 Å². The first-order chi connectivity index (χ1) is 13.0. The number of amides is 1. The summed E-state index contributed by atoms with van der Waals surface area (Å²) in [6.07, 6.45) is 0.355. The van der Waals surface area contributed by atoms with Gasteiger partial charge in [-0.05, 0) is 36.8 Å². The summed E-state index contributed by atoms with van der Waals surface area (Å²) < 4.78 is 3.41. The molecule has 1 amide bonds. The Hall–Kier alpha value is -2.25. The highest BCUT2D eigenvalue weighted by Crippen LogP contribution is 2.20. The standard InChI is InChI=1S/C20H21BrN4OS/c1-14-6-5-8-15(12-14)19-22-23-20(27)25(19)11-10-18(26)24(2)13-16-7-3-4-9-17(16)21/h3-9,12H,10-11,13H2,1-2H3,(H,23,27). The number of aryl methyl sites for hydroxylation is 1. The van der Waals surface area contributed by atoms with E-state index in [2.05, 4.69) is 32.2 Å². The Bertz CT molecular complexity index is 1010. The van der Waals surface area contributed by atoms with Crippen LogP contribution in [0.25, 0.3) is 11.4 Å². The van der Waals surface area contributed by atoms with Crippen LogP contribution in [-0.4, -0.2) is 32.6 Å². The number of hydrogen-bond acceptors (Lipinski definition) is 3. The van der Waals surface area contributed by atoms with Crippen molar-refractivity contribution in [1.29, 1.82) is 0 Å². The first kappa shape index (κ1) is 19.5. The Labute approximate surface area is 172 Å². The van der Waals surface area contributed by atoms with Crippen molar-refractivity contribution in [3.63, 3.8) is 0 Å². The average Bonchev–Trinajstić information content (AvgIpc) is 3.02. The van der Waals surface area contributed by atoms with Crippen molar-refractivity contribution in [2.45, 2.75) is 26.4 Å². The lowest BCUT2D eigenvalue weighted by atomic mass is 10.1. The number of hydrogen-bond donors (Lipinski definition) is 1. The number of H-pyrrole nitrogens is 1. The number of nitrogens with one attached hydrogen (secondary N) is 1. The predicted octanol–water partition coefficient (Wildman–Crippen LogP) is 4.73. The molecule has 1 aromatic heterocycles. The van der Waals surface area contributed by atoms with Gasteiger partial charge < -0.3 is 4.90 Å². The lowest BCUT2D eigenvalue weighted by molar-refractivity contribution is -0.130. The SMILES string of the molecule is Cc1cccc(-c2n[nH]c(=S)n2CCC(=O)N(C)Cc2ccccc2Br)c1. The lowest BCUT2D eigenvalue weighted by Crippen LogP contribution is -2.27. The maximum atomic E-state index is 12.6. The summed E-state index contributed by atoms with van der Waals surface area (Å²) in [5.41, 5.74) is 3.21. The largest absolute Gasteiger partial charge is 0.341 e. The third kappa shape index (κ3) is 4.73. The number of carbonyl (C=O) groups excluding carboxylic acids is 1. The van der Waals surface area contributed by atoms with Crippen molar-refractivity contribution in [3.05, 3.63) is 68.9 Å². The molecule has 0 saturated heterocycles. The second kappa shape index (κ2) is 8.63. The van der Waals surface area contributed by atoms with E-state index in [0.717, 1.165) is 27.0 Å². The number of rotatable bonds is 6. The summed E-state index contributed by atoms with van der Waals surface area (Å²) in [7, 11) is 1.82. The Balaban J connectivity index is 1.70. The van der Waals surface area contributed by atoms with Gasteiger partial charge in [0.25, 0.3) is 0 Å². The zero-order valence-electron chi connectivity index (χ0n) is 15.3. The maximum Gasteiger partial charge on any atom is 0.224 e. The van der Waals surface area contributed by atoms with Gasteiger partial charge in [-0.3, -0.25) is 14.5 Å². The number of aromatic nitrogens is 3. The van der Waals surface area contributed by atoms with E-state index in [0.29, 0.717) is 24.3 Å². The van der Waals surface area contributed by atoms with Crippen molar-refractivity contribution >= 4 is 34.1 Å². The molecule has 0 aliphatic rings. The molecule has 27 heavy (non-hydrogen) atoms. The minimum Gasteiger partial charge on any atom is -0.341 e. The molecule has 140 valence electrons. The van der Waals surface area contributed by atoms with Gasteiger partial charge >= 0.3 is 0 Å². The van der Waals surface area contributed by atoms with E-state index in [9.17, 15) is 4.79 Å². The summed E-state index contributed by atoms with van der Waals surface area (Å²) in [5.74, 6) is 0.814. The molecule has 3 rings (SSSR count). The molecule has 0 saturated carbocycles. The first-order valence-electron chi connectivity index (χ1n) is 8.65. The zero-order chi connectivity index (χ0) is 19.4. The van der Waals surface area contributed by atoms with Crippen LogP contribution in [0, 0.1) is 11.7 Å². The topological polar surface area (TPSA) is 53.9 Å². The minimum absolute atomic E-state index is 0.0593. The highest BCUT2D eigenvalue weighted by atomic mass is 79.9. The fourth-order valence-corrected chi connectivity index (χ4v) is 3.53. The monoisotopic (exact) mass is 444 g/mol. The van der Waals surface area contributed by atoms with Gasteiger partial charge in [-0.15, -0.1) is 0 Å². The molecule has 7 heteroatoms. The van der Waals surface area contributed by atoms with Gasteiger partial charge in [0, 0.05) is 36.6 Å². The highest BCUT2D eigenvalue weighted by Gasteiger charge is 2.14. The molecular weight excluding hydrogens is 424 g/mol. The Kier molecular flexibility index (Phi) is 6.23. The van der Waals surface area contributed by atoms with E-state index in [-0.39, 0.29) is 5.91 Å². The fourth-order valence-electron chi connectivity index (χ4n) is 2.90. The molecule has 0 fully saturated rings. The molecule has 0 atom stereocenters. The molecular formula is C20H21BrN4OS. The molecule has 0 aliphatic carbocycles. The van der Waals surface area contributed by atoms with Crippen LogP contribution < -0.4 is 0 Å². The molecule has 0 radical (unpaired) electrons. The number of carbonyl (C=O) groups is 1. The van der Waals surface area contributed by atoms with Gasteiger partial charge in [-0.2, -0.15) is 5.10 Å². The number of halogens is 1. The van der Waals surface area contributed by atoms with Gasteiger partial charge in [0.1, 0.15) is 0 Å². The zero-order valence-corrected chi connectivity index (χ0v) is 17.7. The molecule has 0 spiro atoms. The molecule has 1 N–H and O–H groups in total. The third-order valence-corrected chi connectivity index (χ3v) is 5.46. The Morgan fingerprint density at radius 3 is 2.78 bits per heavy atom. The van der Waals surface area contributed by atoms with Gasteiger partial charge in [-0.1, -0.05) is 57.9 Å². The van der Waals surface area contributed by atoms with Crippen molar-refractivity contribution in [2.75, 3.05) is 7.05 Å². The van der Waals surface area contributed by atoms with Crippen LogP contribution in [0.2, 0.25) is 0 Å². The smallest absolute Gasteiger partial charge is 0.224 e. The van der Waals surface area contributed by atoms with Crippen LogP contribution in [-0.2, 0) is 17.9 Å². The second-order valence-electron chi connectivity index (χ2n) is 6.46. The van der Waals surface area contributed by atoms with Gasteiger partial charge in [-0.25, -0.2) is 0 Å². The fraction of sp³-hybridized carbons (Fsp3) is 0.250. The van der Waals surface area contributed by atoms with Crippen LogP contribution in [0.4, 0.5) is 0 Å². The normalized spacial score (nSPS) is 10.8. The lowest BCUT2D eigenvalue weighted by Gasteiger charge is -2.18. The Morgan fingerprint density at radius 2 is 2.04 bits per heavy atom. The van der Waals surface area contributed by atoms with E-state index in [1.54, 1.807) is 4.90 Å². The highest BCUT2D eigenvalue weighted by molar-refractivity contribution is 9.10. The first-order valence-corrected chi connectivity index (χ1v) is 9.85. The molecule has 1 heterocycles. The number of benzene rings is 2. The molecule has 0 aliphatic heterocycles. The van der Waals surface area contributed by atoms with E-state index in [1.165, 1.54) is 0 Å². The predicted molar refractivity (Wildman–Crippen MR) is 113 cm³/mol. The second-order valence-corrected chi connectivity index (χ2v) is 7.71. The summed E-state index contributed by atoms with van der Waals surface area (Å²) in [6, 6.07) is 16.0. The van der Waals surface area contributed by atoms with E-state index in [1.807, 2.05) is 61.0 Å². The van der Waals surface area contributed by atoms with Crippen molar-refractivity contribution in [2.24, 2.45) is 0 Å². The van der Waals surface area contributed by atoms with Gasteiger partial charge in [0.15, 0.2) is 10.6 Å². The van der Waals surface area contributed by atoms with Crippen LogP contribution >= 0.6 is 28.1 Å². The van der Waals surface area contributed by atoms with Crippen LogP contribution in [0.1, 0.15) is 17.5 Å². The average molecular weight is 445 g/mol. The third-order valence-electron chi connectivity index (χ3n) is 4.37. The van der Waals surface area contributed by atoms with Crippen molar-refractivity contribution in [3.8, 4) is 11.4 Å². The van der Waals surface area contributed by atoms with Crippen molar-refractivity contribution in [1.82, 2.24) is 19.7 Å². The van der Waals surface area contributed by atoms with Crippen molar-refractivity contribution < 1.29 is 4.79 Å². The molecule has 2 aromatic carbocycles. The minimum atomic E-state index is 0.0593. The van der Waals surface area contributed by atoms with E-state index < -0.39 is 0 Å². The van der Waals surface area contributed by atoms with Gasteiger partial charge in [0.05, 0.1) is 0 Å². The number of aromatic amines is 1. The summed E-state index contributed by atoms with van der Waals surface area (Å²) in [5, 5.41) is 7.18. The van der Waals surface area contributed by atoms with Crippen LogP contribution in [0.15, 0.2) is 53.0 Å². The van der Waals surface area contributed by atoms with Crippen LogP contribution in [0.3, 0.4) is 0 Å². The molecule has 0 unspecified atom stereocenters. The summed E-state index contributed by atoms with van der Waals surface area (Å²) in [4.78, 5) is 14.3.